The van der Waals surface area contributed by atoms with Crippen LogP contribution < -0.4 is 0 Å². The first-order chi connectivity index (χ1) is 10.9. The van der Waals surface area contributed by atoms with Crippen molar-refractivity contribution in [1.82, 2.24) is 0 Å². The van der Waals surface area contributed by atoms with Crippen LogP contribution in [0.15, 0.2) is 0 Å². The number of aliphatic hydroxyl groups excluding tert-OH is 1. The molecule has 140 valence electrons. The maximum Gasteiger partial charge on any atom is 0.142 e. The highest BCUT2D eigenvalue weighted by Crippen LogP contribution is 2.64. The summed E-state index contributed by atoms with van der Waals surface area (Å²) in [5, 5.41) is 19.7. The largest absolute Gasteiger partial charge is 0.390 e. The predicted octanol–water partition coefficient (Wildman–Crippen LogP) is 4.31. The molecule has 3 unspecified atom stereocenters. The van der Waals surface area contributed by atoms with Gasteiger partial charge < -0.3 is 5.11 Å². The fourth-order valence-electron chi connectivity index (χ4n) is 4.82. The molecule has 4 nitrogen and oxygen atoms in total. The molecule has 24 heavy (non-hydrogen) atoms. The normalized spacial score (nSPS) is 37.3. The molecule has 0 aromatic carbocycles. The average molecular weight is 341 g/mol. The van der Waals surface area contributed by atoms with Crippen molar-refractivity contribution in [3.8, 4) is 0 Å². The Balaban J connectivity index is 2.10. The zero-order valence-electron chi connectivity index (χ0n) is 16.4. The van der Waals surface area contributed by atoms with Crippen LogP contribution >= 0.6 is 0 Å². The summed E-state index contributed by atoms with van der Waals surface area (Å²) in [6.45, 7) is 14.0. The fourth-order valence-corrected chi connectivity index (χ4v) is 4.82. The maximum absolute atomic E-state index is 13.3. The van der Waals surface area contributed by atoms with Crippen molar-refractivity contribution >= 4 is 5.78 Å². The van der Waals surface area contributed by atoms with E-state index in [1.54, 1.807) is 13.8 Å². The molecule has 0 heterocycles. The third-order valence-electron chi connectivity index (χ3n) is 7.15. The summed E-state index contributed by atoms with van der Waals surface area (Å²) >= 11 is 0. The summed E-state index contributed by atoms with van der Waals surface area (Å²) in [6, 6.07) is 0. The van der Waals surface area contributed by atoms with E-state index in [4.69, 9.17) is 5.26 Å². The summed E-state index contributed by atoms with van der Waals surface area (Å²) in [7, 11) is 0. The van der Waals surface area contributed by atoms with Crippen LogP contribution in [0, 0.1) is 34.5 Å². The second-order valence-corrected chi connectivity index (χ2v) is 9.97. The molecule has 0 aliphatic heterocycles. The highest BCUT2D eigenvalue weighted by molar-refractivity contribution is 5.90. The van der Waals surface area contributed by atoms with E-state index in [1.165, 1.54) is 0 Å². The molecule has 0 saturated heterocycles. The van der Waals surface area contributed by atoms with Crippen molar-refractivity contribution < 1.29 is 20.0 Å². The number of hydrogen-bond acceptors (Lipinski definition) is 4. The molecule has 0 radical (unpaired) electrons. The van der Waals surface area contributed by atoms with Gasteiger partial charge in [0.15, 0.2) is 0 Å². The van der Waals surface area contributed by atoms with E-state index < -0.39 is 11.7 Å². The van der Waals surface area contributed by atoms with Crippen LogP contribution in [-0.2, 0) is 9.68 Å². The number of ketones is 1. The number of carbonyl (C=O) groups is 1. The van der Waals surface area contributed by atoms with Crippen LogP contribution in [0.25, 0.3) is 0 Å². The quantitative estimate of drug-likeness (QED) is 0.558. The van der Waals surface area contributed by atoms with Gasteiger partial charge in [-0.2, -0.15) is 0 Å². The molecule has 0 spiro atoms. The van der Waals surface area contributed by atoms with Gasteiger partial charge in [0.2, 0.25) is 0 Å². The Labute approximate surface area is 146 Å². The Bertz CT molecular complexity index is 472. The van der Waals surface area contributed by atoms with E-state index in [9.17, 15) is 9.90 Å². The van der Waals surface area contributed by atoms with E-state index in [1.807, 2.05) is 13.8 Å². The van der Waals surface area contributed by atoms with E-state index in [0.717, 1.165) is 31.6 Å². The molecule has 2 rings (SSSR count). The van der Waals surface area contributed by atoms with Gasteiger partial charge in [0.25, 0.3) is 0 Å². The molecule has 2 saturated carbocycles. The molecule has 0 aromatic rings. The summed E-state index contributed by atoms with van der Waals surface area (Å²) < 4.78 is 0. The molecule has 4 heteroatoms. The van der Waals surface area contributed by atoms with E-state index in [-0.39, 0.29) is 22.7 Å². The summed E-state index contributed by atoms with van der Waals surface area (Å²) in [4.78, 5) is 17.8. The van der Waals surface area contributed by atoms with Gasteiger partial charge in [-0.1, -0.05) is 34.6 Å². The third kappa shape index (κ3) is 3.30. The predicted molar refractivity (Wildman–Crippen MR) is 94.5 cm³/mol. The van der Waals surface area contributed by atoms with Crippen LogP contribution in [-0.4, -0.2) is 27.9 Å². The Hall–Kier alpha value is -0.450. The monoisotopic (exact) mass is 340 g/mol. The molecule has 2 N–H and O–H groups in total. The van der Waals surface area contributed by atoms with Crippen molar-refractivity contribution in [3.63, 3.8) is 0 Å². The van der Waals surface area contributed by atoms with Crippen molar-refractivity contribution in [2.45, 2.75) is 85.9 Å². The second kappa shape index (κ2) is 6.37. The molecular weight excluding hydrogens is 304 g/mol. The minimum atomic E-state index is -1.06. The lowest BCUT2D eigenvalue weighted by atomic mass is 9.65. The summed E-state index contributed by atoms with van der Waals surface area (Å²) in [6.07, 6.45) is 3.27. The Morgan fingerprint density at radius 2 is 1.67 bits per heavy atom. The molecule has 3 atom stereocenters. The summed E-state index contributed by atoms with van der Waals surface area (Å²) in [5.41, 5.74) is -1.58. The number of rotatable bonds is 6. The Kier molecular flexibility index (Phi) is 5.27. The first-order valence-electron chi connectivity index (χ1n) is 9.43. The third-order valence-corrected chi connectivity index (χ3v) is 7.15. The Morgan fingerprint density at radius 1 is 1.17 bits per heavy atom. The smallest absolute Gasteiger partial charge is 0.142 e. The molecule has 0 bridgehead atoms. The second-order valence-electron chi connectivity index (χ2n) is 9.97. The van der Waals surface area contributed by atoms with E-state index >= 15 is 0 Å². The first-order valence-corrected chi connectivity index (χ1v) is 9.43. The van der Waals surface area contributed by atoms with Crippen LogP contribution in [0.1, 0.15) is 74.1 Å². The number of carbonyl (C=O) groups excluding carboxylic acids is 1. The maximum atomic E-state index is 13.3. The van der Waals surface area contributed by atoms with Crippen LogP contribution in [0.2, 0.25) is 0 Å². The fraction of sp³-hybridized carbons (Fsp3) is 0.950. The molecule has 0 aromatic heterocycles. The molecule has 2 fully saturated rings. The topological polar surface area (TPSA) is 66.8 Å². The van der Waals surface area contributed by atoms with Gasteiger partial charge in [0.1, 0.15) is 11.4 Å². The van der Waals surface area contributed by atoms with Gasteiger partial charge in [-0.05, 0) is 56.8 Å². The minimum absolute atomic E-state index is 0.150. The van der Waals surface area contributed by atoms with Crippen LogP contribution in [0.5, 0.6) is 0 Å². The van der Waals surface area contributed by atoms with Crippen molar-refractivity contribution in [2.24, 2.45) is 34.5 Å². The van der Waals surface area contributed by atoms with Gasteiger partial charge in [-0.15, -0.1) is 0 Å². The minimum Gasteiger partial charge on any atom is -0.390 e. The highest BCUT2D eigenvalue weighted by Gasteiger charge is 2.68. The molecular formula is C20H36O4. The number of hydrogen-bond donors (Lipinski definition) is 2. The number of Topliss-reactive ketones (excluding diaryl/α,β-unsaturated/α-hetero) is 1. The summed E-state index contributed by atoms with van der Waals surface area (Å²) in [5.74, 6) is 1.39. The molecule has 0 amide bonds. The lowest BCUT2D eigenvalue weighted by Crippen LogP contribution is -2.42. The molecule has 2 aliphatic carbocycles. The Morgan fingerprint density at radius 3 is 2.08 bits per heavy atom. The standard InChI is InChI=1S/C20H36O4/c1-12(2)13-8-10-20(7,11-9-13)17(22)15-14(18(15,3)4)16(21)19(5,6)24-23/h12-16,21,23H,8-11H2,1-7H3. The van der Waals surface area contributed by atoms with Gasteiger partial charge >= 0.3 is 0 Å². The lowest BCUT2D eigenvalue weighted by Gasteiger charge is -2.38. The highest BCUT2D eigenvalue weighted by atomic mass is 17.1. The van der Waals surface area contributed by atoms with Gasteiger partial charge in [-0.25, -0.2) is 4.89 Å². The SMILES string of the molecule is CC(C)C1CCC(C)(C(=O)C2C(C(O)C(C)(C)OO)C2(C)C)CC1. The van der Waals surface area contributed by atoms with Gasteiger partial charge in [-0.3, -0.25) is 10.1 Å². The van der Waals surface area contributed by atoms with Crippen LogP contribution in [0.4, 0.5) is 0 Å². The van der Waals surface area contributed by atoms with Crippen molar-refractivity contribution in [2.75, 3.05) is 0 Å². The number of aliphatic hydroxyl groups is 1. The van der Waals surface area contributed by atoms with Crippen LogP contribution in [0.3, 0.4) is 0 Å². The average Bonchev–Trinajstić information content (AvgIpc) is 3.07. The zero-order valence-corrected chi connectivity index (χ0v) is 16.4. The zero-order chi connectivity index (χ0) is 18.5. The van der Waals surface area contributed by atoms with Crippen molar-refractivity contribution in [1.29, 1.82) is 0 Å². The lowest BCUT2D eigenvalue weighted by molar-refractivity contribution is -0.336. The van der Waals surface area contributed by atoms with Gasteiger partial charge in [0, 0.05) is 17.3 Å². The first kappa shape index (κ1) is 19.9. The van der Waals surface area contributed by atoms with E-state index in [0.29, 0.717) is 11.7 Å². The van der Waals surface area contributed by atoms with Crippen molar-refractivity contribution in [3.05, 3.63) is 0 Å². The van der Waals surface area contributed by atoms with Gasteiger partial charge in [0.05, 0.1) is 6.10 Å². The van der Waals surface area contributed by atoms with E-state index in [2.05, 4.69) is 25.7 Å². The molecule has 2 aliphatic rings.